The molecule has 1 fully saturated rings. The summed E-state index contributed by atoms with van der Waals surface area (Å²) < 4.78 is 19.2. The van der Waals surface area contributed by atoms with Gasteiger partial charge in [-0.25, -0.2) is 4.39 Å². The highest BCUT2D eigenvalue weighted by Crippen LogP contribution is 2.20. The molecule has 3 aromatic rings. The Kier molecular flexibility index (Phi) is 5.50. The highest BCUT2D eigenvalue weighted by Gasteiger charge is 2.24. The number of aryl methyl sites for hydroxylation is 1. The lowest BCUT2D eigenvalue weighted by Gasteiger charge is -2.36. The van der Waals surface area contributed by atoms with Crippen molar-refractivity contribution < 1.29 is 13.7 Å². The number of hydrogen-bond acceptors (Lipinski definition) is 6. The topological polar surface area (TPSA) is 75.4 Å². The maximum Gasteiger partial charge on any atom is 0.231 e. The minimum absolute atomic E-state index is 0.0527. The summed E-state index contributed by atoms with van der Waals surface area (Å²) in [5.41, 5.74) is 2.69. The number of nitrogens with zero attached hydrogens (tertiary/aromatic N) is 5. The Morgan fingerprint density at radius 2 is 1.97 bits per heavy atom. The molecule has 1 aliphatic heterocycles. The van der Waals surface area contributed by atoms with Crippen LogP contribution in [0, 0.1) is 12.7 Å². The Balaban J connectivity index is 1.32. The lowest BCUT2D eigenvalue weighted by Crippen LogP contribution is -2.49. The maximum atomic E-state index is 13.9. The molecule has 1 amide bonds. The molecule has 0 radical (unpaired) electrons. The zero-order valence-electron chi connectivity index (χ0n) is 16.2. The molecular weight excluding hydrogens is 373 g/mol. The van der Waals surface area contributed by atoms with Crippen LogP contribution in [0.4, 0.5) is 10.1 Å². The molecule has 0 N–H and O–H groups in total. The monoisotopic (exact) mass is 395 g/mol. The van der Waals surface area contributed by atoms with Gasteiger partial charge in [0.1, 0.15) is 5.82 Å². The van der Waals surface area contributed by atoms with E-state index in [0.717, 1.165) is 11.1 Å². The van der Waals surface area contributed by atoms with Crippen LogP contribution in [0.1, 0.15) is 22.8 Å². The van der Waals surface area contributed by atoms with E-state index >= 15 is 0 Å². The van der Waals surface area contributed by atoms with E-state index < -0.39 is 0 Å². The highest BCUT2D eigenvalue weighted by atomic mass is 19.1. The third-order valence-corrected chi connectivity index (χ3v) is 5.13. The molecule has 0 unspecified atom stereocenters. The van der Waals surface area contributed by atoms with E-state index in [4.69, 9.17) is 4.52 Å². The molecule has 0 saturated carbocycles. The lowest BCUT2D eigenvalue weighted by molar-refractivity contribution is -0.130. The first-order chi connectivity index (χ1) is 14.1. The van der Waals surface area contributed by atoms with Gasteiger partial charge in [0.15, 0.2) is 5.82 Å². The molecule has 0 aliphatic carbocycles. The summed E-state index contributed by atoms with van der Waals surface area (Å²) in [5, 5.41) is 3.94. The zero-order valence-corrected chi connectivity index (χ0v) is 16.2. The molecule has 2 aromatic heterocycles. The number of pyridine rings is 1. The molecule has 0 bridgehead atoms. The summed E-state index contributed by atoms with van der Waals surface area (Å²) in [4.78, 5) is 24.8. The smallest absolute Gasteiger partial charge is 0.231 e. The minimum Gasteiger partial charge on any atom is -0.366 e. The fraction of sp³-hybridized carbons (Fsp3) is 0.333. The van der Waals surface area contributed by atoms with Gasteiger partial charge in [-0.2, -0.15) is 4.98 Å². The summed E-state index contributed by atoms with van der Waals surface area (Å²) in [6, 6.07) is 8.63. The fourth-order valence-electron chi connectivity index (χ4n) is 3.43. The SMILES string of the molecule is Cc1ccncc1Cc1nc(CC(=O)N2CCN(c3ccccc3F)CC2)no1. The van der Waals surface area contributed by atoms with Crippen LogP contribution in [-0.2, 0) is 17.6 Å². The molecule has 7 nitrogen and oxygen atoms in total. The Labute approximate surface area is 168 Å². The minimum atomic E-state index is -0.240. The van der Waals surface area contributed by atoms with Crippen molar-refractivity contribution in [2.75, 3.05) is 31.1 Å². The third kappa shape index (κ3) is 4.42. The number of aromatic nitrogens is 3. The number of carbonyl (C=O) groups excluding carboxylic acids is 1. The molecule has 4 rings (SSSR count). The average Bonchev–Trinajstić information content (AvgIpc) is 3.17. The lowest BCUT2D eigenvalue weighted by atomic mass is 10.1. The van der Waals surface area contributed by atoms with Crippen molar-refractivity contribution >= 4 is 11.6 Å². The second kappa shape index (κ2) is 8.38. The Hall–Kier alpha value is -3.29. The van der Waals surface area contributed by atoms with Crippen molar-refractivity contribution in [3.8, 4) is 0 Å². The van der Waals surface area contributed by atoms with Gasteiger partial charge in [-0.05, 0) is 36.2 Å². The van der Waals surface area contributed by atoms with Crippen LogP contribution < -0.4 is 4.90 Å². The highest BCUT2D eigenvalue weighted by molar-refractivity contribution is 5.78. The first kappa shape index (κ1) is 19.0. The van der Waals surface area contributed by atoms with E-state index in [1.807, 2.05) is 24.0 Å². The van der Waals surface area contributed by atoms with E-state index in [9.17, 15) is 9.18 Å². The number of amides is 1. The summed E-state index contributed by atoms with van der Waals surface area (Å²) in [7, 11) is 0. The molecule has 150 valence electrons. The van der Waals surface area contributed by atoms with Crippen molar-refractivity contribution in [1.29, 1.82) is 0 Å². The molecule has 29 heavy (non-hydrogen) atoms. The van der Waals surface area contributed by atoms with Crippen LogP contribution in [0.2, 0.25) is 0 Å². The molecule has 1 aliphatic rings. The third-order valence-electron chi connectivity index (χ3n) is 5.13. The van der Waals surface area contributed by atoms with Gasteiger partial charge in [-0.1, -0.05) is 17.3 Å². The molecule has 3 heterocycles. The Morgan fingerprint density at radius 3 is 2.72 bits per heavy atom. The van der Waals surface area contributed by atoms with E-state index in [0.29, 0.717) is 50.0 Å². The predicted octanol–water partition coefficient (Wildman–Crippen LogP) is 2.39. The van der Waals surface area contributed by atoms with Gasteiger partial charge < -0.3 is 14.3 Å². The Bertz CT molecular complexity index is 998. The fourth-order valence-corrected chi connectivity index (χ4v) is 3.43. The van der Waals surface area contributed by atoms with Gasteiger partial charge in [0, 0.05) is 38.6 Å². The van der Waals surface area contributed by atoms with Gasteiger partial charge in [-0.15, -0.1) is 0 Å². The summed E-state index contributed by atoms with van der Waals surface area (Å²) in [6.07, 6.45) is 4.10. The first-order valence-electron chi connectivity index (χ1n) is 9.58. The predicted molar refractivity (Wildman–Crippen MR) is 105 cm³/mol. The van der Waals surface area contributed by atoms with Gasteiger partial charge in [-0.3, -0.25) is 9.78 Å². The molecule has 1 aromatic carbocycles. The van der Waals surface area contributed by atoms with Crippen LogP contribution in [0.15, 0.2) is 47.2 Å². The normalized spacial score (nSPS) is 14.3. The van der Waals surface area contributed by atoms with Gasteiger partial charge in [0.05, 0.1) is 18.5 Å². The number of anilines is 1. The van der Waals surface area contributed by atoms with Crippen molar-refractivity contribution in [1.82, 2.24) is 20.0 Å². The number of halogens is 1. The molecule has 1 saturated heterocycles. The van der Waals surface area contributed by atoms with Gasteiger partial charge in [0.2, 0.25) is 11.8 Å². The van der Waals surface area contributed by atoms with Crippen molar-refractivity contribution in [2.24, 2.45) is 0 Å². The largest absolute Gasteiger partial charge is 0.366 e. The van der Waals surface area contributed by atoms with Crippen LogP contribution in [-0.4, -0.2) is 52.1 Å². The number of hydrogen-bond donors (Lipinski definition) is 0. The van der Waals surface area contributed by atoms with Crippen LogP contribution in [0.25, 0.3) is 0 Å². The van der Waals surface area contributed by atoms with Gasteiger partial charge in [0.25, 0.3) is 0 Å². The first-order valence-corrected chi connectivity index (χ1v) is 9.58. The summed E-state index contributed by atoms with van der Waals surface area (Å²) >= 11 is 0. The van der Waals surface area contributed by atoms with Crippen molar-refractivity contribution in [2.45, 2.75) is 19.8 Å². The average molecular weight is 395 g/mol. The summed E-state index contributed by atoms with van der Waals surface area (Å²) in [5.74, 6) is 0.551. The van der Waals surface area contributed by atoms with Crippen molar-refractivity contribution in [3.05, 3.63) is 71.4 Å². The number of benzene rings is 1. The second-order valence-corrected chi connectivity index (χ2v) is 7.08. The van der Waals surface area contributed by atoms with Crippen molar-refractivity contribution in [3.63, 3.8) is 0 Å². The van der Waals surface area contributed by atoms with Crippen LogP contribution in [0.5, 0.6) is 0 Å². The molecular formula is C21H22FN5O2. The van der Waals surface area contributed by atoms with E-state index in [2.05, 4.69) is 15.1 Å². The van der Waals surface area contributed by atoms with Gasteiger partial charge >= 0.3 is 0 Å². The van der Waals surface area contributed by atoms with Crippen LogP contribution in [0.3, 0.4) is 0 Å². The zero-order chi connectivity index (χ0) is 20.2. The van der Waals surface area contributed by atoms with E-state index in [1.165, 1.54) is 6.07 Å². The molecule has 8 heteroatoms. The number of carbonyl (C=O) groups is 1. The van der Waals surface area contributed by atoms with E-state index in [1.54, 1.807) is 29.4 Å². The molecule has 0 spiro atoms. The summed E-state index contributed by atoms with van der Waals surface area (Å²) in [6.45, 7) is 4.24. The van der Waals surface area contributed by atoms with E-state index in [-0.39, 0.29) is 18.1 Å². The standard InChI is InChI=1S/C21H22FN5O2/c1-15-6-7-23-14-16(15)12-20-24-19(25-29-20)13-21(28)27-10-8-26(9-11-27)18-5-3-2-4-17(18)22/h2-7,14H,8-13H2,1H3. The van der Waals surface area contributed by atoms with Crippen LogP contribution >= 0.6 is 0 Å². The Morgan fingerprint density at radius 1 is 1.17 bits per heavy atom. The maximum absolute atomic E-state index is 13.9. The number of para-hydroxylation sites is 1. The number of rotatable bonds is 5. The quantitative estimate of drug-likeness (QED) is 0.660. The second-order valence-electron chi connectivity index (χ2n) is 7.08. The number of piperazine rings is 1. The molecule has 0 atom stereocenters.